The van der Waals surface area contributed by atoms with E-state index in [0.29, 0.717) is 28.1 Å². The molecule has 2 aromatic carbocycles. The number of anilines is 1. The molecule has 0 aliphatic carbocycles. The Kier molecular flexibility index (Phi) is 4.82. The number of fused-ring (bicyclic) bond motifs is 1. The van der Waals surface area contributed by atoms with Crippen molar-refractivity contribution in [1.82, 2.24) is 10.1 Å². The zero-order valence-corrected chi connectivity index (χ0v) is 17.4. The van der Waals surface area contributed by atoms with E-state index >= 15 is 0 Å². The van der Waals surface area contributed by atoms with Crippen molar-refractivity contribution in [2.75, 3.05) is 5.32 Å². The van der Waals surface area contributed by atoms with Crippen LogP contribution in [0, 0.1) is 0 Å². The van der Waals surface area contributed by atoms with Crippen molar-refractivity contribution in [2.45, 2.75) is 45.3 Å². The molecule has 1 aliphatic heterocycles. The van der Waals surface area contributed by atoms with Gasteiger partial charge in [-0.25, -0.2) is 0 Å². The maximum Gasteiger partial charge on any atom is 0.258 e. The number of hydrogen-bond donors (Lipinski definition) is 1. The molecular formula is C22H22ClN3O3. The molecule has 3 aromatic rings. The van der Waals surface area contributed by atoms with Gasteiger partial charge in [-0.1, -0.05) is 30.6 Å². The molecule has 1 unspecified atom stereocenters. The minimum absolute atomic E-state index is 0.0328. The lowest BCUT2D eigenvalue weighted by Crippen LogP contribution is -2.26. The van der Waals surface area contributed by atoms with Gasteiger partial charge in [-0.2, -0.15) is 4.98 Å². The Labute approximate surface area is 174 Å². The number of hydrogen-bond acceptors (Lipinski definition) is 6. The van der Waals surface area contributed by atoms with Crippen LogP contribution in [0.4, 0.5) is 5.69 Å². The van der Waals surface area contributed by atoms with Crippen LogP contribution in [-0.4, -0.2) is 22.5 Å². The van der Waals surface area contributed by atoms with E-state index in [2.05, 4.69) is 29.3 Å². The molecule has 7 heteroatoms. The van der Waals surface area contributed by atoms with Gasteiger partial charge in [0, 0.05) is 22.2 Å². The van der Waals surface area contributed by atoms with Gasteiger partial charge in [0.05, 0.1) is 17.2 Å². The van der Waals surface area contributed by atoms with Crippen LogP contribution in [0.2, 0.25) is 5.02 Å². The smallest absolute Gasteiger partial charge is 0.258 e. The number of carbonyl (C=O) groups excluding carboxylic acids is 1. The van der Waals surface area contributed by atoms with Crippen LogP contribution < -0.4 is 10.1 Å². The van der Waals surface area contributed by atoms with Gasteiger partial charge in [-0.15, -0.1) is 0 Å². The first-order valence-electron chi connectivity index (χ1n) is 9.46. The summed E-state index contributed by atoms with van der Waals surface area (Å²) in [5, 5.41) is 8.15. The number of nitrogens with one attached hydrogen (secondary N) is 1. The van der Waals surface area contributed by atoms with E-state index in [-0.39, 0.29) is 17.6 Å². The van der Waals surface area contributed by atoms with Crippen molar-refractivity contribution >= 4 is 23.6 Å². The summed E-state index contributed by atoms with van der Waals surface area (Å²) in [7, 11) is 0. The summed E-state index contributed by atoms with van der Waals surface area (Å²) in [6, 6.07) is 10.8. The number of aromatic nitrogens is 2. The predicted octanol–water partition coefficient (Wildman–Crippen LogP) is 5.43. The molecule has 0 saturated heterocycles. The molecule has 150 valence electrons. The number of halogens is 1. The Morgan fingerprint density at radius 1 is 1.24 bits per heavy atom. The Morgan fingerprint density at radius 3 is 2.72 bits per heavy atom. The molecule has 1 aromatic heterocycles. The summed E-state index contributed by atoms with van der Waals surface area (Å²) < 4.78 is 11.2. The van der Waals surface area contributed by atoms with Crippen molar-refractivity contribution in [3.8, 4) is 17.2 Å². The molecule has 0 spiro atoms. The second-order valence-corrected chi connectivity index (χ2v) is 8.40. The fourth-order valence-corrected chi connectivity index (χ4v) is 3.85. The molecule has 6 nitrogen and oxygen atoms in total. The van der Waals surface area contributed by atoms with Crippen molar-refractivity contribution in [3.05, 3.63) is 58.4 Å². The molecule has 1 aliphatic rings. The molecule has 1 N–H and O–H groups in total. The molecule has 4 rings (SSSR count). The molecule has 0 amide bonds. The number of aldehydes is 1. The van der Waals surface area contributed by atoms with E-state index in [4.69, 9.17) is 20.9 Å². The summed E-state index contributed by atoms with van der Waals surface area (Å²) >= 11 is 6.34. The third kappa shape index (κ3) is 3.49. The highest BCUT2D eigenvalue weighted by atomic mass is 35.5. The molecule has 2 heterocycles. The van der Waals surface area contributed by atoms with E-state index in [9.17, 15) is 4.79 Å². The quantitative estimate of drug-likeness (QED) is 0.564. The van der Waals surface area contributed by atoms with Crippen molar-refractivity contribution in [2.24, 2.45) is 0 Å². The molecule has 29 heavy (non-hydrogen) atoms. The SMILES string of the molecule is CC(C)Oc1ccc(-c2nc(C3Nc4ccc(C=O)cc4C3(C)C)no2)cc1Cl. The van der Waals surface area contributed by atoms with Crippen LogP contribution in [0.3, 0.4) is 0 Å². The van der Waals surface area contributed by atoms with Gasteiger partial charge in [-0.05, 0) is 55.8 Å². The molecular weight excluding hydrogens is 390 g/mol. The van der Waals surface area contributed by atoms with Gasteiger partial charge in [-0.3, -0.25) is 4.79 Å². The highest BCUT2D eigenvalue weighted by molar-refractivity contribution is 6.32. The predicted molar refractivity (Wildman–Crippen MR) is 112 cm³/mol. The zero-order valence-electron chi connectivity index (χ0n) is 16.7. The van der Waals surface area contributed by atoms with E-state index in [1.54, 1.807) is 18.2 Å². The number of benzene rings is 2. The van der Waals surface area contributed by atoms with Crippen molar-refractivity contribution in [1.29, 1.82) is 0 Å². The van der Waals surface area contributed by atoms with Gasteiger partial charge in [0.2, 0.25) is 0 Å². The van der Waals surface area contributed by atoms with Gasteiger partial charge in [0.15, 0.2) is 5.82 Å². The lowest BCUT2D eigenvalue weighted by molar-refractivity contribution is 0.112. The minimum Gasteiger partial charge on any atom is -0.489 e. The highest BCUT2D eigenvalue weighted by Crippen LogP contribution is 2.48. The maximum atomic E-state index is 11.2. The van der Waals surface area contributed by atoms with Crippen LogP contribution in [0.5, 0.6) is 5.75 Å². The largest absolute Gasteiger partial charge is 0.489 e. The summed E-state index contributed by atoms with van der Waals surface area (Å²) in [5.74, 6) is 1.55. The number of ether oxygens (including phenoxy) is 1. The summed E-state index contributed by atoms with van der Waals surface area (Å²) in [4.78, 5) is 15.8. The second kappa shape index (κ2) is 7.19. The minimum atomic E-state index is -0.317. The third-order valence-electron chi connectivity index (χ3n) is 5.14. The molecule has 0 radical (unpaired) electrons. The third-order valence-corrected chi connectivity index (χ3v) is 5.43. The van der Waals surface area contributed by atoms with Gasteiger partial charge in [0.25, 0.3) is 5.89 Å². The maximum absolute atomic E-state index is 11.2. The van der Waals surface area contributed by atoms with Crippen LogP contribution in [0.1, 0.15) is 55.5 Å². The van der Waals surface area contributed by atoms with Crippen LogP contribution in [0.15, 0.2) is 40.9 Å². The van der Waals surface area contributed by atoms with Crippen LogP contribution >= 0.6 is 11.6 Å². The zero-order chi connectivity index (χ0) is 20.8. The second-order valence-electron chi connectivity index (χ2n) is 7.99. The first-order chi connectivity index (χ1) is 13.8. The fourth-order valence-electron chi connectivity index (χ4n) is 3.63. The van der Waals surface area contributed by atoms with E-state index in [1.165, 1.54) is 0 Å². The Bertz CT molecular complexity index is 1070. The fraction of sp³-hybridized carbons (Fsp3) is 0.318. The number of rotatable bonds is 5. The lowest BCUT2D eigenvalue weighted by atomic mass is 9.80. The van der Waals surface area contributed by atoms with Gasteiger partial charge >= 0.3 is 0 Å². The first kappa shape index (κ1) is 19.5. The van der Waals surface area contributed by atoms with Crippen molar-refractivity contribution < 1.29 is 14.1 Å². The molecule has 0 fully saturated rings. The van der Waals surface area contributed by atoms with Gasteiger partial charge < -0.3 is 14.6 Å². The van der Waals surface area contributed by atoms with E-state index < -0.39 is 0 Å². The van der Waals surface area contributed by atoms with Gasteiger partial charge in [0.1, 0.15) is 12.0 Å². The first-order valence-corrected chi connectivity index (χ1v) is 9.84. The van der Waals surface area contributed by atoms with Crippen LogP contribution in [0.25, 0.3) is 11.5 Å². The summed E-state index contributed by atoms with van der Waals surface area (Å²) in [6.45, 7) is 8.08. The van der Waals surface area contributed by atoms with E-state index in [0.717, 1.165) is 23.1 Å². The highest BCUT2D eigenvalue weighted by Gasteiger charge is 2.43. The monoisotopic (exact) mass is 411 g/mol. The normalized spacial score (nSPS) is 17.1. The van der Waals surface area contributed by atoms with E-state index in [1.807, 2.05) is 32.0 Å². The average Bonchev–Trinajstić information content (AvgIpc) is 3.25. The number of carbonyl (C=O) groups is 1. The average molecular weight is 412 g/mol. The Hall–Kier alpha value is -2.86. The lowest BCUT2D eigenvalue weighted by Gasteiger charge is -2.24. The number of nitrogens with zero attached hydrogens (tertiary/aromatic N) is 2. The Balaban J connectivity index is 1.63. The molecule has 1 atom stereocenters. The topological polar surface area (TPSA) is 77.2 Å². The Morgan fingerprint density at radius 2 is 2.03 bits per heavy atom. The standard InChI is InChI=1S/C22H22ClN3O3/c1-12(2)28-18-8-6-14(10-16(18)23)21-25-20(26-29-21)19-22(3,4)15-9-13(11-27)5-7-17(15)24-19/h5-12,19,24H,1-4H3. The molecule has 0 bridgehead atoms. The summed E-state index contributed by atoms with van der Waals surface area (Å²) in [6.07, 6.45) is 0.886. The van der Waals surface area contributed by atoms with Crippen LogP contribution in [-0.2, 0) is 5.41 Å². The molecule has 0 saturated carbocycles. The van der Waals surface area contributed by atoms with Crippen molar-refractivity contribution in [3.63, 3.8) is 0 Å². The summed E-state index contributed by atoms with van der Waals surface area (Å²) in [5.41, 5.74) is 3.07.